The van der Waals surface area contributed by atoms with Gasteiger partial charge in [-0.05, 0) is 31.1 Å². The fraction of sp³-hybridized carbons (Fsp3) is 0.948. The molecular formula is C58H112O6. The molecule has 0 aliphatic heterocycles. The summed E-state index contributed by atoms with van der Waals surface area (Å²) in [6.45, 7) is 11.4. The topological polar surface area (TPSA) is 78.9 Å². The molecule has 64 heavy (non-hydrogen) atoms. The first-order chi connectivity index (χ1) is 31.2. The van der Waals surface area contributed by atoms with Crippen LogP contribution in [0.5, 0.6) is 0 Å². The molecular weight excluding hydrogens is 793 g/mol. The summed E-state index contributed by atoms with van der Waals surface area (Å²) < 4.78 is 16.9. The molecule has 0 saturated carbocycles. The lowest BCUT2D eigenvalue weighted by Crippen LogP contribution is -2.30. The standard InChI is InChI=1S/C58H112O6/c1-6-7-8-9-10-11-12-13-14-15-16-17-18-19-24-29-35-40-45-50-58(61)64-55(52-63-57(60)49-44-39-34-30-25-27-32-37-42-47-54(4)5)51-62-56(59)48-43-38-33-28-23-21-20-22-26-31-36-41-46-53(2)3/h53-55H,6-52H2,1-5H3/t55-/m0/s1. The number of ether oxygens (including phenoxy) is 3. The number of esters is 3. The molecule has 0 aliphatic carbocycles. The van der Waals surface area contributed by atoms with Gasteiger partial charge in [0, 0.05) is 19.3 Å². The molecule has 6 nitrogen and oxygen atoms in total. The van der Waals surface area contributed by atoms with Gasteiger partial charge in [-0.2, -0.15) is 0 Å². The molecule has 0 bridgehead atoms. The summed E-state index contributed by atoms with van der Waals surface area (Å²) in [5, 5.41) is 0. The van der Waals surface area contributed by atoms with Gasteiger partial charge < -0.3 is 14.2 Å². The lowest BCUT2D eigenvalue weighted by molar-refractivity contribution is -0.167. The minimum Gasteiger partial charge on any atom is -0.462 e. The first-order valence-corrected chi connectivity index (χ1v) is 28.7. The van der Waals surface area contributed by atoms with E-state index in [1.807, 2.05) is 0 Å². The van der Waals surface area contributed by atoms with E-state index < -0.39 is 6.10 Å². The molecule has 0 rings (SSSR count). The number of rotatable bonds is 52. The Morgan fingerprint density at radius 1 is 0.297 bits per heavy atom. The van der Waals surface area contributed by atoms with Crippen molar-refractivity contribution in [2.24, 2.45) is 11.8 Å². The average Bonchev–Trinajstić information content (AvgIpc) is 3.27. The highest BCUT2D eigenvalue weighted by Crippen LogP contribution is 2.18. The molecule has 0 heterocycles. The zero-order chi connectivity index (χ0) is 46.8. The number of carbonyl (C=O) groups excluding carboxylic acids is 3. The molecule has 0 saturated heterocycles. The third-order valence-electron chi connectivity index (χ3n) is 13.2. The van der Waals surface area contributed by atoms with E-state index in [2.05, 4.69) is 34.6 Å². The molecule has 0 aromatic rings. The summed E-state index contributed by atoms with van der Waals surface area (Å²) in [6, 6.07) is 0. The molecule has 0 amide bonds. The Bertz CT molecular complexity index is 978. The van der Waals surface area contributed by atoms with Gasteiger partial charge in [0.25, 0.3) is 0 Å². The molecule has 0 fully saturated rings. The highest BCUT2D eigenvalue weighted by atomic mass is 16.6. The molecule has 0 aliphatic rings. The second-order valence-corrected chi connectivity index (χ2v) is 20.9. The maximum absolute atomic E-state index is 12.8. The predicted octanol–water partition coefficient (Wildman–Crippen LogP) is 18.9. The Hall–Kier alpha value is -1.59. The van der Waals surface area contributed by atoms with Gasteiger partial charge in [-0.3, -0.25) is 14.4 Å². The zero-order valence-electron chi connectivity index (χ0n) is 43.9. The first-order valence-electron chi connectivity index (χ1n) is 28.7. The van der Waals surface area contributed by atoms with Gasteiger partial charge in [0.05, 0.1) is 0 Å². The normalized spacial score (nSPS) is 12.0. The maximum atomic E-state index is 12.8. The van der Waals surface area contributed by atoms with E-state index in [-0.39, 0.29) is 31.1 Å². The predicted molar refractivity (Wildman–Crippen MR) is 275 cm³/mol. The van der Waals surface area contributed by atoms with Gasteiger partial charge in [0.15, 0.2) is 6.10 Å². The molecule has 0 spiro atoms. The van der Waals surface area contributed by atoms with Crippen LogP contribution in [0.25, 0.3) is 0 Å². The molecule has 380 valence electrons. The van der Waals surface area contributed by atoms with Crippen molar-refractivity contribution in [3.05, 3.63) is 0 Å². The van der Waals surface area contributed by atoms with Crippen molar-refractivity contribution in [2.45, 2.75) is 330 Å². The van der Waals surface area contributed by atoms with E-state index in [1.54, 1.807) is 0 Å². The lowest BCUT2D eigenvalue weighted by Gasteiger charge is -2.18. The molecule has 1 atom stereocenters. The van der Waals surface area contributed by atoms with Crippen LogP contribution in [0.1, 0.15) is 324 Å². The van der Waals surface area contributed by atoms with E-state index in [0.29, 0.717) is 19.3 Å². The van der Waals surface area contributed by atoms with Crippen LogP contribution >= 0.6 is 0 Å². The zero-order valence-corrected chi connectivity index (χ0v) is 43.9. The van der Waals surface area contributed by atoms with Crippen molar-refractivity contribution in [3.8, 4) is 0 Å². The Kier molecular flexibility index (Phi) is 49.6. The highest BCUT2D eigenvalue weighted by molar-refractivity contribution is 5.71. The average molecular weight is 906 g/mol. The summed E-state index contributed by atoms with van der Waals surface area (Å²) >= 11 is 0. The van der Waals surface area contributed by atoms with E-state index in [1.165, 1.54) is 212 Å². The Labute approximate surface area is 399 Å². The van der Waals surface area contributed by atoms with Crippen LogP contribution in [0.3, 0.4) is 0 Å². The van der Waals surface area contributed by atoms with Crippen LogP contribution in [-0.2, 0) is 28.6 Å². The first kappa shape index (κ1) is 62.4. The second-order valence-electron chi connectivity index (χ2n) is 20.9. The van der Waals surface area contributed by atoms with Crippen molar-refractivity contribution in [1.29, 1.82) is 0 Å². The number of hydrogen-bond acceptors (Lipinski definition) is 6. The van der Waals surface area contributed by atoms with Crippen molar-refractivity contribution in [1.82, 2.24) is 0 Å². The van der Waals surface area contributed by atoms with E-state index >= 15 is 0 Å². The van der Waals surface area contributed by atoms with Crippen LogP contribution in [0, 0.1) is 11.8 Å². The van der Waals surface area contributed by atoms with Gasteiger partial charge in [-0.15, -0.1) is 0 Å². The summed E-state index contributed by atoms with van der Waals surface area (Å²) in [6.07, 6.45) is 53.8. The molecule has 0 N–H and O–H groups in total. The highest BCUT2D eigenvalue weighted by Gasteiger charge is 2.19. The van der Waals surface area contributed by atoms with Crippen LogP contribution in [0.2, 0.25) is 0 Å². The van der Waals surface area contributed by atoms with Gasteiger partial charge in [0.2, 0.25) is 0 Å². The minimum absolute atomic E-state index is 0.0633. The van der Waals surface area contributed by atoms with Crippen molar-refractivity contribution < 1.29 is 28.6 Å². The maximum Gasteiger partial charge on any atom is 0.306 e. The molecule has 6 heteroatoms. The van der Waals surface area contributed by atoms with Crippen molar-refractivity contribution in [2.75, 3.05) is 13.2 Å². The number of carbonyl (C=O) groups is 3. The van der Waals surface area contributed by atoms with Crippen LogP contribution in [-0.4, -0.2) is 37.2 Å². The smallest absolute Gasteiger partial charge is 0.306 e. The van der Waals surface area contributed by atoms with Gasteiger partial charge in [-0.1, -0.05) is 285 Å². The minimum atomic E-state index is -0.763. The Morgan fingerprint density at radius 2 is 0.516 bits per heavy atom. The van der Waals surface area contributed by atoms with Crippen LogP contribution in [0.4, 0.5) is 0 Å². The lowest BCUT2D eigenvalue weighted by atomic mass is 10.0. The molecule has 0 radical (unpaired) electrons. The van der Waals surface area contributed by atoms with Gasteiger partial charge >= 0.3 is 17.9 Å². The Morgan fingerprint density at radius 3 is 0.766 bits per heavy atom. The summed E-state index contributed by atoms with van der Waals surface area (Å²) in [7, 11) is 0. The molecule has 0 unspecified atom stereocenters. The van der Waals surface area contributed by atoms with Gasteiger partial charge in [0.1, 0.15) is 13.2 Å². The number of unbranched alkanes of at least 4 members (excludes halogenated alkanes) is 37. The number of hydrogen-bond donors (Lipinski definition) is 0. The summed E-state index contributed by atoms with van der Waals surface area (Å²) in [5.41, 5.74) is 0. The third kappa shape index (κ3) is 51.4. The fourth-order valence-corrected chi connectivity index (χ4v) is 8.87. The van der Waals surface area contributed by atoms with E-state index in [0.717, 1.165) is 69.6 Å². The molecule has 0 aromatic heterocycles. The molecule has 0 aromatic carbocycles. The van der Waals surface area contributed by atoms with Crippen molar-refractivity contribution >= 4 is 17.9 Å². The van der Waals surface area contributed by atoms with Gasteiger partial charge in [-0.25, -0.2) is 0 Å². The fourth-order valence-electron chi connectivity index (χ4n) is 8.87. The monoisotopic (exact) mass is 905 g/mol. The third-order valence-corrected chi connectivity index (χ3v) is 13.2. The quantitative estimate of drug-likeness (QED) is 0.0344. The van der Waals surface area contributed by atoms with E-state index in [9.17, 15) is 14.4 Å². The summed E-state index contributed by atoms with van der Waals surface area (Å²) in [4.78, 5) is 38.1. The summed E-state index contributed by atoms with van der Waals surface area (Å²) in [5.74, 6) is 0.800. The van der Waals surface area contributed by atoms with Crippen LogP contribution in [0.15, 0.2) is 0 Å². The van der Waals surface area contributed by atoms with Crippen molar-refractivity contribution in [3.63, 3.8) is 0 Å². The second kappa shape index (κ2) is 50.8. The van der Waals surface area contributed by atoms with E-state index in [4.69, 9.17) is 14.2 Å². The Balaban J connectivity index is 4.28. The van der Waals surface area contributed by atoms with Crippen LogP contribution < -0.4 is 0 Å². The largest absolute Gasteiger partial charge is 0.462 e. The SMILES string of the molecule is CCCCCCCCCCCCCCCCCCCCCC(=O)O[C@@H](COC(=O)CCCCCCCCCCCCCCC(C)C)COC(=O)CCCCCCCCCCCC(C)C.